The molecule has 2 rings (SSSR count). The third-order valence-corrected chi connectivity index (χ3v) is 3.94. The minimum atomic E-state index is -0.360. The minimum absolute atomic E-state index is 0.110. The van der Waals surface area contributed by atoms with Gasteiger partial charge in [0.25, 0.3) is 5.69 Å². The first-order valence-corrected chi connectivity index (χ1v) is 6.81. The monoisotopic (exact) mass is 283 g/mol. The fourth-order valence-corrected chi connectivity index (χ4v) is 2.76. The van der Waals surface area contributed by atoms with Crippen molar-refractivity contribution in [3.05, 3.63) is 38.9 Å². The standard InChI is InChI=1S/C13H18ClN3O2/c1-15-10-4-3-7-16(8-10)9-11-12(14)5-2-6-13(11)17(18)19/h2,5-6,10,15H,3-4,7-9H2,1H3. The zero-order valence-electron chi connectivity index (χ0n) is 10.9. The molecule has 1 aromatic carbocycles. The predicted octanol–water partition coefficient (Wildman–Crippen LogP) is 2.43. The fourth-order valence-electron chi connectivity index (χ4n) is 2.53. The van der Waals surface area contributed by atoms with Crippen molar-refractivity contribution in [1.29, 1.82) is 0 Å². The molecule has 6 heteroatoms. The first-order valence-electron chi connectivity index (χ1n) is 6.43. The van der Waals surface area contributed by atoms with Crippen LogP contribution in [0.5, 0.6) is 0 Å². The predicted molar refractivity (Wildman–Crippen MR) is 75.5 cm³/mol. The molecule has 1 saturated heterocycles. The Kier molecular flexibility index (Phi) is 4.74. The maximum atomic E-state index is 11.1. The Bertz CT molecular complexity index is 467. The summed E-state index contributed by atoms with van der Waals surface area (Å²) in [6, 6.07) is 5.30. The second-order valence-corrected chi connectivity index (χ2v) is 5.26. The Morgan fingerprint density at radius 2 is 2.37 bits per heavy atom. The number of halogens is 1. The van der Waals surface area contributed by atoms with Crippen molar-refractivity contribution in [2.75, 3.05) is 20.1 Å². The van der Waals surface area contributed by atoms with Gasteiger partial charge in [-0.15, -0.1) is 0 Å². The van der Waals surface area contributed by atoms with Crippen molar-refractivity contribution >= 4 is 17.3 Å². The van der Waals surface area contributed by atoms with Crippen LogP contribution in [0.25, 0.3) is 0 Å². The average molecular weight is 284 g/mol. The molecule has 1 N–H and O–H groups in total. The molecule has 104 valence electrons. The molecule has 0 radical (unpaired) electrons. The van der Waals surface area contributed by atoms with E-state index >= 15 is 0 Å². The molecule has 0 aliphatic carbocycles. The highest BCUT2D eigenvalue weighted by atomic mass is 35.5. The Morgan fingerprint density at radius 1 is 1.58 bits per heavy atom. The topological polar surface area (TPSA) is 58.4 Å². The molecule has 1 unspecified atom stereocenters. The van der Waals surface area contributed by atoms with Gasteiger partial charge in [-0.2, -0.15) is 0 Å². The van der Waals surface area contributed by atoms with E-state index in [9.17, 15) is 10.1 Å². The van der Waals surface area contributed by atoms with E-state index in [-0.39, 0.29) is 10.6 Å². The Labute approximate surface area is 117 Å². The molecule has 19 heavy (non-hydrogen) atoms. The molecule has 0 bridgehead atoms. The summed E-state index contributed by atoms with van der Waals surface area (Å²) in [4.78, 5) is 12.9. The highest BCUT2D eigenvalue weighted by molar-refractivity contribution is 6.31. The lowest BCUT2D eigenvalue weighted by atomic mass is 10.0. The van der Waals surface area contributed by atoms with E-state index in [1.807, 2.05) is 7.05 Å². The molecule has 1 aliphatic heterocycles. The number of nitrogens with one attached hydrogen (secondary N) is 1. The summed E-state index contributed by atoms with van der Waals surface area (Å²) in [5.74, 6) is 0. The SMILES string of the molecule is CNC1CCCN(Cc2c(Cl)cccc2[N+](=O)[O-])C1. The van der Waals surface area contributed by atoms with Gasteiger partial charge in [0.2, 0.25) is 0 Å². The van der Waals surface area contributed by atoms with E-state index in [0.29, 0.717) is 23.2 Å². The van der Waals surface area contributed by atoms with E-state index in [2.05, 4.69) is 10.2 Å². The van der Waals surface area contributed by atoms with Crippen LogP contribution in [-0.4, -0.2) is 36.0 Å². The van der Waals surface area contributed by atoms with Gasteiger partial charge >= 0.3 is 0 Å². The summed E-state index contributed by atoms with van der Waals surface area (Å²) >= 11 is 6.12. The number of likely N-dealkylation sites (N-methyl/N-ethyl adjacent to an activating group) is 1. The van der Waals surface area contributed by atoms with Crippen LogP contribution in [-0.2, 0) is 6.54 Å². The number of hydrogen-bond donors (Lipinski definition) is 1. The molecule has 1 atom stereocenters. The van der Waals surface area contributed by atoms with Gasteiger partial charge in [-0.25, -0.2) is 0 Å². The lowest BCUT2D eigenvalue weighted by Crippen LogP contribution is -2.43. The molecule has 0 amide bonds. The van der Waals surface area contributed by atoms with Crippen molar-refractivity contribution in [2.45, 2.75) is 25.4 Å². The zero-order valence-corrected chi connectivity index (χ0v) is 11.7. The Hall–Kier alpha value is -1.17. The molecule has 0 saturated carbocycles. The maximum absolute atomic E-state index is 11.1. The second kappa shape index (κ2) is 6.32. The van der Waals surface area contributed by atoms with Gasteiger partial charge in [-0.05, 0) is 32.5 Å². The third-order valence-electron chi connectivity index (χ3n) is 3.59. The number of benzene rings is 1. The highest BCUT2D eigenvalue weighted by Gasteiger charge is 2.23. The average Bonchev–Trinajstić information content (AvgIpc) is 2.41. The number of nitrogens with zero attached hydrogens (tertiary/aromatic N) is 2. The van der Waals surface area contributed by atoms with Gasteiger partial charge < -0.3 is 5.32 Å². The van der Waals surface area contributed by atoms with E-state index in [0.717, 1.165) is 25.9 Å². The lowest BCUT2D eigenvalue weighted by Gasteiger charge is -2.32. The summed E-state index contributed by atoms with van der Waals surface area (Å²) in [7, 11) is 1.95. The van der Waals surface area contributed by atoms with Gasteiger partial charge in [0.05, 0.1) is 15.5 Å². The molecule has 1 aliphatic rings. The van der Waals surface area contributed by atoms with Crippen LogP contribution in [0.1, 0.15) is 18.4 Å². The van der Waals surface area contributed by atoms with Crippen molar-refractivity contribution in [3.63, 3.8) is 0 Å². The van der Waals surface area contributed by atoms with Crippen molar-refractivity contribution < 1.29 is 4.92 Å². The number of hydrogen-bond acceptors (Lipinski definition) is 4. The van der Waals surface area contributed by atoms with Crippen molar-refractivity contribution in [1.82, 2.24) is 10.2 Å². The van der Waals surface area contributed by atoms with Crippen LogP contribution in [0, 0.1) is 10.1 Å². The first-order chi connectivity index (χ1) is 9.11. The maximum Gasteiger partial charge on any atom is 0.275 e. The largest absolute Gasteiger partial charge is 0.316 e. The van der Waals surface area contributed by atoms with Gasteiger partial charge in [-0.3, -0.25) is 15.0 Å². The normalized spacial score (nSPS) is 20.4. The van der Waals surface area contributed by atoms with Crippen LogP contribution >= 0.6 is 11.6 Å². The molecule has 0 aromatic heterocycles. The second-order valence-electron chi connectivity index (χ2n) is 4.86. The summed E-state index contributed by atoms with van der Waals surface area (Å²) in [5, 5.41) is 14.8. The van der Waals surface area contributed by atoms with Crippen molar-refractivity contribution in [3.8, 4) is 0 Å². The van der Waals surface area contributed by atoms with Gasteiger partial charge in [-0.1, -0.05) is 17.7 Å². The zero-order chi connectivity index (χ0) is 13.8. The molecule has 1 fully saturated rings. The molecular formula is C13H18ClN3O2. The van der Waals surface area contributed by atoms with Crippen LogP contribution < -0.4 is 5.32 Å². The minimum Gasteiger partial charge on any atom is -0.316 e. The lowest BCUT2D eigenvalue weighted by molar-refractivity contribution is -0.385. The first kappa shape index (κ1) is 14.2. The Balaban J connectivity index is 2.16. The van der Waals surface area contributed by atoms with Gasteiger partial charge in [0, 0.05) is 25.2 Å². The van der Waals surface area contributed by atoms with Crippen LogP contribution in [0.2, 0.25) is 5.02 Å². The molecule has 5 nitrogen and oxygen atoms in total. The summed E-state index contributed by atoms with van der Waals surface area (Å²) in [6.45, 7) is 2.40. The van der Waals surface area contributed by atoms with Crippen LogP contribution in [0.15, 0.2) is 18.2 Å². The smallest absolute Gasteiger partial charge is 0.275 e. The summed E-state index contributed by atoms with van der Waals surface area (Å²) in [6.07, 6.45) is 2.25. The third kappa shape index (κ3) is 3.43. The molecule has 1 aromatic rings. The van der Waals surface area contributed by atoms with E-state index in [1.165, 1.54) is 6.07 Å². The number of piperidine rings is 1. The fraction of sp³-hybridized carbons (Fsp3) is 0.538. The van der Waals surface area contributed by atoms with E-state index < -0.39 is 0 Å². The number of rotatable bonds is 4. The Morgan fingerprint density at radius 3 is 3.05 bits per heavy atom. The van der Waals surface area contributed by atoms with Gasteiger partial charge in [0.15, 0.2) is 0 Å². The van der Waals surface area contributed by atoms with E-state index in [4.69, 9.17) is 11.6 Å². The summed E-state index contributed by atoms with van der Waals surface area (Å²) < 4.78 is 0. The quantitative estimate of drug-likeness (QED) is 0.681. The van der Waals surface area contributed by atoms with Crippen LogP contribution in [0.4, 0.5) is 5.69 Å². The molecule has 1 heterocycles. The molecule has 0 spiro atoms. The molecular weight excluding hydrogens is 266 g/mol. The van der Waals surface area contributed by atoms with Crippen molar-refractivity contribution in [2.24, 2.45) is 0 Å². The van der Waals surface area contributed by atoms with Crippen LogP contribution in [0.3, 0.4) is 0 Å². The highest BCUT2D eigenvalue weighted by Crippen LogP contribution is 2.28. The van der Waals surface area contributed by atoms with E-state index in [1.54, 1.807) is 12.1 Å². The number of nitro groups is 1. The summed E-state index contributed by atoms with van der Waals surface area (Å²) in [5.41, 5.74) is 0.727. The number of nitro benzene ring substituents is 1. The number of likely N-dealkylation sites (tertiary alicyclic amines) is 1. The van der Waals surface area contributed by atoms with Gasteiger partial charge in [0.1, 0.15) is 0 Å².